The summed E-state index contributed by atoms with van der Waals surface area (Å²) in [6.45, 7) is 0.116. The standard InChI is InChI=1S/C24H24ClN5O4/c25-16-8-4-7-15(9-16)17(14-5-2-1-3-6-14)10-26-22-19-23(28-12-27-22)30(13-29-19)24-21(33)20(32)18(11-31)34-24/h1-9,12-13,17-18,20-21,24,31-33H,10-11H2,(H,26,27,28)/t17?,18-,20-,21-,24-/m1/s1. The van der Waals surface area contributed by atoms with E-state index in [-0.39, 0.29) is 5.92 Å². The number of fused-ring (bicyclic) bond motifs is 1. The van der Waals surface area contributed by atoms with Crippen molar-refractivity contribution in [2.75, 3.05) is 18.5 Å². The second-order valence-electron chi connectivity index (χ2n) is 8.17. The molecule has 1 saturated heterocycles. The third-order valence-corrected chi connectivity index (χ3v) is 6.31. The number of imidazole rings is 1. The van der Waals surface area contributed by atoms with Crippen LogP contribution in [0.4, 0.5) is 5.82 Å². The summed E-state index contributed by atoms with van der Waals surface area (Å²) in [5.41, 5.74) is 3.12. The minimum atomic E-state index is -1.23. The van der Waals surface area contributed by atoms with E-state index in [1.165, 1.54) is 17.2 Å². The Balaban J connectivity index is 1.44. The summed E-state index contributed by atoms with van der Waals surface area (Å²) in [4.78, 5) is 13.1. The SMILES string of the molecule is OC[C@H]1O[C@@H](n2cnc3c(NCC(c4ccccc4)c4cccc(Cl)c4)ncnc32)[C@H](O)[C@@H]1O. The molecule has 9 nitrogen and oxygen atoms in total. The molecule has 1 fully saturated rings. The largest absolute Gasteiger partial charge is 0.394 e. The lowest BCUT2D eigenvalue weighted by molar-refractivity contribution is -0.0511. The molecule has 4 aromatic rings. The molecule has 1 aliphatic heterocycles. The van der Waals surface area contributed by atoms with E-state index in [1.807, 2.05) is 42.5 Å². The van der Waals surface area contributed by atoms with Gasteiger partial charge in [-0.25, -0.2) is 15.0 Å². The number of nitrogens with zero attached hydrogens (tertiary/aromatic N) is 4. The molecule has 0 radical (unpaired) electrons. The van der Waals surface area contributed by atoms with Gasteiger partial charge >= 0.3 is 0 Å². The second kappa shape index (κ2) is 9.65. The lowest BCUT2D eigenvalue weighted by Crippen LogP contribution is -2.33. The Morgan fingerprint density at radius 2 is 1.79 bits per heavy atom. The minimum absolute atomic E-state index is 0.00690. The van der Waals surface area contributed by atoms with Gasteiger partial charge in [0.2, 0.25) is 0 Å². The molecule has 0 amide bonds. The lowest BCUT2D eigenvalue weighted by Gasteiger charge is -2.20. The van der Waals surface area contributed by atoms with Gasteiger partial charge in [0.1, 0.15) is 24.6 Å². The van der Waals surface area contributed by atoms with Crippen LogP contribution in [0.2, 0.25) is 5.02 Å². The zero-order valence-electron chi connectivity index (χ0n) is 18.1. The molecule has 0 bridgehead atoms. The van der Waals surface area contributed by atoms with Gasteiger partial charge in [-0.05, 0) is 23.3 Å². The van der Waals surface area contributed by atoms with Gasteiger partial charge in [-0.1, -0.05) is 54.1 Å². The highest BCUT2D eigenvalue weighted by atomic mass is 35.5. The molecule has 10 heteroatoms. The third-order valence-electron chi connectivity index (χ3n) is 6.08. The first-order valence-corrected chi connectivity index (χ1v) is 11.3. The first-order valence-electron chi connectivity index (χ1n) is 10.9. The summed E-state index contributed by atoms with van der Waals surface area (Å²) in [5, 5.41) is 34.0. The van der Waals surface area contributed by atoms with E-state index in [1.54, 1.807) is 0 Å². The Bertz CT molecular complexity index is 1270. The number of rotatable bonds is 7. The lowest BCUT2D eigenvalue weighted by atomic mass is 9.91. The summed E-state index contributed by atoms with van der Waals surface area (Å²) in [5.74, 6) is 0.533. The topological polar surface area (TPSA) is 126 Å². The van der Waals surface area contributed by atoms with E-state index in [4.69, 9.17) is 16.3 Å². The molecule has 176 valence electrons. The number of aromatic nitrogens is 4. The normalized spacial score (nSPS) is 23.3. The van der Waals surface area contributed by atoms with E-state index in [0.29, 0.717) is 28.5 Å². The van der Waals surface area contributed by atoms with Crippen molar-refractivity contribution >= 4 is 28.6 Å². The number of aliphatic hydroxyl groups excluding tert-OH is 3. The highest BCUT2D eigenvalue weighted by Gasteiger charge is 2.44. The van der Waals surface area contributed by atoms with Crippen molar-refractivity contribution < 1.29 is 20.1 Å². The maximum absolute atomic E-state index is 10.4. The predicted octanol–water partition coefficient (Wildman–Crippen LogP) is 2.34. The average Bonchev–Trinajstić information content (AvgIpc) is 3.41. The van der Waals surface area contributed by atoms with Gasteiger partial charge in [0.25, 0.3) is 0 Å². The van der Waals surface area contributed by atoms with Crippen molar-refractivity contribution in [1.29, 1.82) is 0 Å². The Morgan fingerprint density at radius 1 is 1.00 bits per heavy atom. The van der Waals surface area contributed by atoms with Gasteiger partial charge in [-0.15, -0.1) is 0 Å². The Kier molecular flexibility index (Phi) is 6.44. The Hall–Kier alpha value is -3.08. The maximum Gasteiger partial charge on any atom is 0.167 e. The summed E-state index contributed by atoms with van der Waals surface area (Å²) in [7, 11) is 0. The van der Waals surface area contributed by atoms with Gasteiger partial charge in [-0.3, -0.25) is 4.57 Å². The molecule has 0 saturated carbocycles. The summed E-state index contributed by atoms with van der Waals surface area (Å²) in [6.07, 6.45) is -1.37. The quantitative estimate of drug-likeness (QED) is 0.317. The molecule has 1 unspecified atom stereocenters. The van der Waals surface area contributed by atoms with Crippen LogP contribution in [0.1, 0.15) is 23.3 Å². The van der Waals surface area contributed by atoms with Crippen molar-refractivity contribution in [3.63, 3.8) is 0 Å². The van der Waals surface area contributed by atoms with Crippen LogP contribution in [0.25, 0.3) is 11.2 Å². The van der Waals surface area contributed by atoms with Crippen molar-refractivity contribution in [2.24, 2.45) is 0 Å². The van der Waals surface area contributed by atoms with E-state index >= 15 is 0 Å². The number of halogens is 1. The van der Waals surface area contributed by atoms with Crippen molar-refractivity contribution in [3.8, 4) is 0 Å². The van der Waals surface area contributed by atoms with Crippen LogP contribution in [0.5, 0.6) is 0 Å². The minimum Gasteiger partial charge on any atom is -0.394 e. The number of ether oxygens (including phenoxy) is 1. The summed E-state index contributed by atoms with van der Waals surface area (Å²) in [6, 6.07) is 17.9. The molecule has 34 heavy (non-hydrogen) atoms. The van der Waals surface area contributed by atoms with Gasteiger partial charge < -0.3 is 25.4 Å². The number of nitrogens with one attached hydrogen (secondary N) is 1. The zero-order chi connectivity index (χ0) is 23.7. The molecular formula is C24H24ClN5O4. The van der Waals surface area contributed by atoms with Gasteiger partial charge in [0.05, 0.1) is 12.9 Å². The fraction of sp³-hybridized carbons (Fsp3) is 0.292. The van der Waals surface area contributed by atoms with Crippen LogP contribution in [0.3, 0.4) is 0 Å². The van der Waals surface area contributed by atoms with Crippen LogP contribution in [-0.4, -0.2) is 66.3 Å². The monoisotopic (exact) mass is 481 g/mol. The molecule has 3 heterocycles. The number of benzene rings is 2. The third kappa shape index (κ3) is 4.24. The first kappa shape index (κ1) is 22.7. The molecule has 1 aliphatic rings. The van der Waals surface area contributed by atoms with E-state index in [9.17, 15) is 15.3 Å². The van der Waals surface area contributed by atoms with Crippen molar-refractivity contribution in [1.82, 2.24) is 19.5 Å². The first-order chi connectivity index (χ1) is 16.6. The highest BCUT2D eigenvalue weighted by Crippen LogP contribution is 2.33. The molecule has 0 aliphatic carbocycles. The van der Waals surface area contributed by atoms with Gasteiger partial charge in [0, 0.05) is 17.5 Å². The van der Waals surface area contributed by atoms with Crippen LogP contribution >= 0.6 is 11.6 Å². The van der Waals surface area contributed by atoms with E-state index in [0.717, 1.165) is 11.1 Å². The smallest absolute Gasteiger partial charge is 0.167 e. The average molecular weight is 482 g/mol. The van der Waals surface area contributed by atoms with Crippen molar-refractivity contribution in [3.05, 3.63) is 83.4 Å². The second-order valence-corrected chi connectivity index (χ2v) is 8.61. The summed E-state index contributed by atoms with van der Waals surface area (Å²) < 4.78 is 7.17. The van der Waals surface area contributed by atoms with Crippen LogP contribution in [0, 0.1) is 0 Å². The van der Waals surface area contributed by atoms with E-state index in [2.05, 4.69) is 32.4 Å². The molecule has 2 aromatic heterocycles. The van der Waals surface area contributed by atoms with Gasteiger partial charge in [0.15, 0.2) is 23.2 Å². The Labute approximate surface area is 200 Å². The number of hydrogen-bond acceptors (Lipinski definition) is 8. The molecule has 2 aromatic carbocycles. The molecule has 5 rings (SSSR count). The molecular weight excluding hydrogens is 458 g/mol. The van der Waals surface area contributed by atoms with Crippen molar-refractivity contribution in [2.45, 2.75) is 30.5 Å². The number of aliphatic hydroxyl groups is 3. The maximum atomic E-state index is 10.4. The summed E-state index contributed by atoms with van der Waals surface area (Å²) >= 11 is 6.26. The van der Waals surface area contributed by atoms with Gasteiger partial charge in [-0.2, -0.15) is 0 Å². The molecule has 5 atom stereocenters. The van der Waals surface area contributed by atoms with Crippen LogP contribution < -0.4 is 5.32 Å². The Morgan fingerprint density at radius 3 is 2.53 bits per heavy atom. The molecule has 0 spiro atoms. The number of hydrogen-bond donors (Lipinski definition) is 4. The zero-order valence-corrected chi connectivity index (χ0v) is 18.8. The fourth-order valence-electron chi connectivity index (χ4n) is 4.31. The van der Waals surface area contributed by atoms with E-state index < -0.39 is 31.1 Å². The number of anilines is 1. The predicted molar refractivity (Wildman–Crippen MR) is 127 cm³/mol. The van der Waals surface area contributed by atoms with Crippen LogP contribution in [0.15, 0.2) is 67.3 Å². The van der Waals surface area contributed by atoms with Crippen LogP contribution in [-0.2, 0) is 4.74 Å². The highest BCUT2D eigenvalue weighted by molar-refractivity contribution is 6.30. The molecule has 4 N–H and O–H groups in total. The fourth-order valence-corrected chi connectivity index (χ4v) is 4.51.